The third-order valence-corrected chi connectivity index (χ3v) is 4.70. The number of anilines is 1. The molecule has 0 amide bonds. The van der Waals surface area contributed by atoms with Gasteiger partial charge < -0.3 is 19.9 Å². The van der Waals surface area contributed by atoms with Crippen molar-refractivity contribution >= 4 is 38.4 Å². The molecule has 124 valence electrons. The van der Waals surface area contributed by atoms with Crippen LogP contribution in [0.2, 0.25) is 0 Å². The standard InChI is InChI=1S/C15H17BrN2O4S/c1-4-22-12-10(16)5-9(6-11(12)21-3)7-17-15-18-8(2)13(23-15)14(19)20/h5-6H,4,7H2,1-3H3,(H,17,18)(H,19,20). The highest BCUT2D eigenvalue weighted by Gasteiger charge is 2.15. The van der Waals surface area contributed by atoms with E-state index in [-0.39, 0.29) is 4.88 Å². The van der Waals surface area contributed by atoms with Gasteiger partial charge in [0.2, 0.25) is 0 Å². The van der Waals surface area contributed by atoms with Crippen LogP contribution in [0.4, 0.5) is 5.13 Å². The molecule has 6 nitrogen and oxygen atoms in total. The number of nitrogens with one attached hydrogen (secondary N) is 1. The maximum Gasteiger partial charge on any atom is 0.347 e. The van der Waals surface area contributed by atoms with Crippen LogP contribution in [-0.2, 0) is 6.54 Å². The molecule has 1 aromatic carbocycles. The smallest absolute Gasteiger partial charge is 0.347 e. The van der Waals surface area contributed by atoms with Crippen molar-refractivity contribution in [2.75, 3.05) is 19.0 Å². The van der Waals surface area contributed by atoms with Gasteiger partial charge in [0.1, 0.15) is 4.88 Å². The summed E-state index contributed by atoms with van der Waals surface area (Å²) < 4.78 is 11.7. The van der Waals surface area contributed by atoms with Gasteiger partial charge in [0, 0.05) is 6.54 Å². The van der Waals surface area contributed by atoms with Crippen molar-refractivity contribution in [2.45, 2.75) is 20.4 Å². The van der Waals surface area contributed by atoms with E-state index in [1.807, 2.05) is 19.1 Å². The average Bonchev–Trinajstić information content (AvgIpc) is 2.88. The summed E-state index contributed by atoms with van der Waals surface area (Å²) in [5.41, 5.74) is 1.47. The van der Waals surface area contributed by atoms with Gasteiger partial charge in [0.25, 0.3) is 0 Å². The molecular formula is C15H17BrN2O4S. The van der Waals surface area contributed by atoms with E-state index in [1.54, 1.807) is 14.0 Å². The predicted octanol–water partition coefficient (Wildman–Crippen LogP) is 3.93. The fourth-order valence-corrected chi connectivity index (χ4v) is 3.41. The van der Waals surface area contributed by atoms with Crippen LogP contribution in [0.5, 0.6) is 11.5 Å². The fourth-order valence-electron chi connectivity index (χ4n) is 2.01. The topological polar surface area (TPSA) is 80.7 Å². The van der Waals surface area contributed by atoms with Gasteiger partial charge in [0.05, 0.1) is 23.9 Å². The van der Waals surface area contributed by atoms with Crippen molar-refractivity contribution in [2.24, 2.45) is 0 Å². The van der Waals surface area contributed by atoms with Crippen molar-refractivity contribution in [1.82, 2.24) is 4.98 Å². The van der Waals surface area contributed by atoms with Crippen LogP contribution in [0.15, 0.2) is 16.6 Å². The Balaban J connectivity index is 2.16. The summed E-state index contributed by atoms with van der Waals surface area (Å²) in [7, 11) is 1.59. The Morgan fingerprint density at radius 2 is 2.22 bits per heavy atom. The second-order valence-corrected chi connectivity index (χ2v) is 6.49. The SMILES string of the molecule is CCOc1c(Br)cc(CNc2nc(C)c(C(=O)O)s2)cc1OC. The van der Waals surface area contributed by atoms with Gasteiger partial charge in [-0.3, -0.25) is 0 Å². The molecule has 0 saturated heterocycles. The number of hydrogen-bond donors (Lipinski definition) is 2. The first-order valence-corrected chi connectivity index (χ1v) is 8.51. The van der Waals surface area contributed by atoms with Gasteiger partial charge >= 0.3 is 5.97 Å². The number of methoxy groups -OCH3 is 1. The van der Waals surface area contributed by atoms with Crippen LogP contribution < -0.4 is 14.8 Å². The van der Waals surface area contributed by atoms with Crippen molar-refractivity contribution in [3.63, 3.8) is 0 Å². The van der Waals surface area contributed by atoms with Crippen LogP contribution in [0.1, 0.15) is 27.9 Å². The van der Waals surface area contributed by atoms with E-state index in [9.17, 15) is 4.79 Å². The highest BCUT2D eigenvalue weighted by atomic mass is 79.9. The Hall–Kier alpha value is -1.80. The van der Waals surface area contributed by atoms with Crippen LogP contribution in [0.3, 0.4) is 0 Å². The Morgan fingerprint density at radius 1 is 1.48 bits per heavy atom. The summed E-state index contributed by atoms with van der Waals surface area (Å²) in [5, 5.41) is 12.8. The molecule has 2 aromatic rings. The quantitative estimate of drug-likeness (QED) is 0.732. The normalized spacial score (nSPS) is 10.4. The number of aryl methyl sites for hydroxylation is 1. The second-order valence-electron chi connectivity index (χ2n) is 4.63. The van der Waals surface area contributed by atoms with Crippen LogP contribution in [-0.4, -0.2) is 29.8 Å². The first-order chi connectivity index (χ1) is 11.0. The number of aromatic carboxylic acids is 1. The van der Waals surface area contributed by atoms with Gasteiger partial charge in [-0.05, 0) is 47.5 Å². The molecule has 0 atom stereocenters. The minimum absolute atomic E-state index is 0.248. The number of carboxylic acid groups (broad SMARTS) is 1. The minimum atomic E-state index is -0.960. The summed E-state index contributed by atoms with van der Waals surface area (Å²) >= 11 is 4.60. The summed E-state index contributed by atoms with van der Waals surface area (Å²) in [6.45, 7) is 4.63. The Morgan fingerprint density at radius 3 is 2.78 bits per heavy atom. The molecular weight excluding hydrogens is 384 g/mol. The first-order valence-electron chi connectivity index (χ1n) is 6.90. The Kier molecular flexibility index (Phi) is 5.84. The molecule has 0 bridgehead atoms. The zero-order valence-corrected chi connectivity index (χ0v) is 15.4. The molecule has 0 aliphatic heterocycles. The van der Waals surface area contributed by atoms with E-state index in [4.69, 9.17) is 14.6 Å². The number of aromatic nitrogens is 1. The fraction of sp³-hybridized carbons (Fsp3) is 0.333. The molecule has 2 rings (SSSR count). The van der Waals surface area contributed by atoms with E-state index in [0.717, 1.165) is 21.4 Å². The number of carbonyl (C=O) groups is 1. The second kappa shape index (κ2) is 7.65. The van der Waals surface area contributed by atoms with Crippen LogP contribution >= 0.6 is 27.3 Å². The van der Waals surface area contributed by atoms with E-state index in [2.05, 4.69) is 26.2 Å². The number of carboxylic acids is 1. The zero-order valence-electron chi connectivity index (χ0n) is 13.0. The van der Waals surface area contributed by atoms with Gasteiger partial charge in [-0.1, -0.05) is 11.3 Å². The van der Waals surface area contributed by atoms with Crippen LogP contribution in [0, 0.1) is 6.92 Å². The molecule has 2 N–H and O–H groups in total. The van der Waals surface area contributed by atoms with E-state index in [0.29, 0.717) is 35.5 Å². The monoisotopic (exact) mass is 400 g/mol. The van der Waals surface area contributed by atoms with Gasteiger partial charge in [-0.2, -0.15) is 0 Å². The molecule has 0 unspecified atom stereocenters. The Labute approximate surface area is 146 Å². The number of rotatable bonds is 7. The van der Waals surface area contributed by atoms with Gasteiger partial charge in [-0.25, -0.2) is 9.78 Å². The molecule has 8 heteroatoms. The number of thiazole rings is 1. The number of hydrogen-bond acceptors (Lipinski definition) is 6. The molecule has 1 aromatic heterocycles. The lowest BCUT2D eigenvalue weighted by Crippen LogP contribution is -2.02. The average molecular weight is 401 g/mol. The highest BCUT2D eigenvalue weighted by molar-refractivity contribution is 9.10. The highest BCUT2D eigenvalue weighted by Crippen LogP contribution is 2.37. The van der Waals surface area contributed by atoms with E-state index >= 15 is 0 Å². The summed E-state index contributed by atoms with van der Waals surface area (Å²) in [6.07, 6.45) is 0. The molecule has 0 radical (unpaired) electrons. The van der Waals surface area contributed by atoms with Gasteiger partial charge in [0.15, 0.2) is 16.6 Å². The van der Waals surface area contributed by atoms with E-state index in [1.165, 1.54) is 0 Å². The molecule has 0 aliphatic carbocycles. The number of nitrogens with zero attached hydrogens (tertiary/aromatic N) is 1. The maximum absolute atomic E-state index is 11.0. The summed E-state index contributed by atoms with van der Waals surface area (Å²) in [6, 6.07) is 3.81. The third-order valence-electron chi connectivity index (χ3n) is 3.01. The van der Waals surface area contributed by atoms with Gasteiger partial charge in [-0.15, -0.1) is 0 Å². The molecule has 0 aliphatic rings. The lowest BCUT2D eigenvalue weighted by Gasteiger charge is -2.13. The predicted molar refractivity (Wildman–Crippen MR) is 93.0 cm³/mol. The maximum atomic E-state index is 11.0. The number of halogens is 1. The van der Waals surface area contributed by atoms with E-state index < -0.39 is 5.97 Å². The third kappa shape index (κ3) is 4.14. The molecule has 0 saturated carbocycles. The number of benzene rings is 1. The molecule has 23 heavy (non-hydrogen) atoms. The molecule has 1 heterocycles. The zero-order chi connectivity index (χ0) is 17.0. The van der Waals surface area contributed by atoms with Crippen molar-refractivity contribution < 1.29 is 19.4 Å². The van der Waals surface area contributed by atoms with Crippen molar-refractivity contribution in [1.29, 1.82) is 0 Å². The summed E-state index contributed by atoms with van der Waals surface area (Å²) in [4.78, 5) is 15.5. The largest absolute Gasteiger partial charge is 0.493 e. The first kappa shape index (κ1) is 17.6. The minimum Gasteiger partial charge on any atom is -0.493 e. The number of ether oxygens (including phenoxy) is 2. The lowest BCUT2D eigenvalue weighted by atomic mass is 10.2. The van der Waals surface area contributed by atoms with Crippen molar-refractivity contribution in [3.8, 4) is 11.5 Å². The van der Waals surface area contributed by atoms with Crippen molar-refractivity contribution in [3.05, 3.63) is 32.7 Å². The molecule has 0 spiro atoms. The summed E-state index contributed by atoms with van der Waals surface area (Å²) in [5.74, 6) is 0.343. The molecule has 0 fully saturated rings. The Bertz CT molecular complexity index is 718. The lowest BCUT2D eigenvalue weighted by molar-refractivity contribution is 0.0701. The van der Waals surface area contributed by atoms with Crippen LogP contribution in [0.25, 0.3) is 0 Å².